The van der Waals surface area contributed by atoms with Crippen molar-refractivity contribution in [3.8, 4) is 11.6 Å². The summed E-state index contributed by atoms with van der Waals surface area (Å²) in [4.78, 5) is 18.9. The van der Waals surface area contributed by atoms with Gasteiger partial charge in [-0.3, -0.25) is 9.47 Å². The summed E-state index contributed by atoms with van der Waals surface area (Å²) in [5, 5.41) is 9.75. The highest BCUT2D eigenvalue weighted by Crippen LogP contribution is 2.37. The first-order chi connectivity index (χ1) is 16.8. The minimum absolute atomic E-state index is 0.140. The van der Waals surface area contributed by atoms with Gasteiger partial charge in [0, 0.05) is 23.2 Å². The molecule has 1 aromatic carbocycles. The third-order valence-corrected chi connectivity index (χ3v) is 6.58. The Morgan fingerprint density at radius 3 is 2.57 bits per heavy atom. The molecule has 1 aliphatic heterocycles. The predicted octanol–water partition coefficient (Wildman–Crippen LogP) is 5.67. The maximum atomic E-state index is 13.0. The molecule has 1 fully saturated rings. The molecule has 5 rings (SSSR count). The minimum atomic E-state index is -0.588. The second kappa shape index (κ2) is 9.49. The molecule has 9 heteroatoms. The van der Waals surface area contributed by atoms with Crippen molar-refractivity contribution < 1.29 is 14.3 Å². The van der Waals surface area contributed by atoms with E-state index in [0.29, 0.717) is 24.0 Å². The highest BCUT2D eigenvalue weighted by molar-refractivity contribution is 6.30. The summed E-state index contributed by atoms with van der Waals surface area (Å²) in [5.74, 6) is 2.56. The fraction of sp³-hybridized carbons (Fsp3) is 0.462. The number of amides is 1. The van der Waals surface area contributed by atoms with Crippen molar-refractivity contribution in [3.05, 3.63) is 64.8 Å². The number of benzene rings is 1. The number of pyridine rings is 1. The summed E-state index contributed by atoms with van der Waals surface area (Å²) >= 11 is 6.34. The zero-order valence-corrected chi connectivity index (χ0v) is 21.0. The molecular formula is C26H30ClN5O3. The molecule has 0 N–H and O–H groups in total. The first-order valence-electron chi connectivity index (χ1n) is 12.1. The van der Waals surface area contributed by atoms with Crippen LogP contribution in [0.1, 0.15) is 69.6 Å². The fourth-order valence-electron chi connectivity index (χ4n) is 4.77. The van der Waals surface area contributed by atoms with E-state index >= 15 is 0 Å². The van der Waals surface area contributed by atoms with Crippen molar-refractivity contribution in [2.45, 2.75) is 77.2 Å². The van der Waals surface area contributed by atoms with Gasteiger partial charge >= 0.3 is 6.09 Å². The number of hydrogen-bond acceptors (Lipinski definition) is 6. The number of nitrogens with zero attached hydrogens (tertiary/aromatic N) is 5. The predicted molar refractivity (Wildman–Crippen MR) is 132 cm³/mol. The average Bonchev–Trinajstić information content (AvgIpc) is 3.15. The molecule has 1 amide bonds. The van der Waals surface area contributed by atoms with E-state index < -0.39 is 5.60 Å². The lowest BCUT2D eigenvalue weighted by atomic mass is 9.86. The van der Waals surface area contributed by atoms with Crippen LogP contribution in [0.4, 0.5) is 4.79 Å². The van der Waals surface area contributed by atoms with Gasteiger partial charge in [-0.2, -0.15) is 0 Å². The van der Waals surface area contributed by atoms with E-state index in [1.165, 1.54) is 0 Å². The van der Waals surface area contributed by atoms with E-state index in [0.717, 1.165) is 48.6 Å². The van der Waals surface area contributed by atoms with Crippen molar-refractivity contribution in [1.82, 2.24) is 24.6 Å². The Morgan fingerprint density at radius 1 is 1.06 bits per heavy atom. The van der Waals surface area contributed by atoms with Gasteiger partial charge in [0.05, 0.1) is 18.8 Å². The van der Waals surface area contributed by atoms with Crippen molar-refractivity contribution in [2.75, 3.05) is 0 Å². The van der Waals surface area contributed by atoms with Crippen LogP contribution in [0.25, 0.3) is 5.69 Å². The van der Waals surface area contributed by atoms with Crippen LogP contribution in [-0.2, 0) is 17.8 Å². The number of ether oxygens (including phenoxy) is 2. The smallest absolute Gasteiger partial charge is 0.411 e. The molecule has 1 saturated carbocycles. The van der Waals surface area contributed by atoms with E-state index in [9.17, 15) is 4.79 Å². The molecule has 0 saturated heterocycles. The van der Waals surface area contributed by atoms with Crippen LogP contribution in [-0.4, -0.2) is 42.4 Å². The zero-order chi connectivity index (χ0) is 24.6. The number of halogens is 1. The lowest BCUT2D eigenvalue weighted by Gasteiger charge is -2.28. The Balaban J connectivity index is 1.40. The molecule has 8 nitrogen and oxygen atoms in total. The Kier molecular flexibility index (Phi) is 6.40. The second-order valence-corrected chi connectivity index (χ2v) is 10.6. The van der Waals surface area contributed by atoms with E-state index in [1.54, 1.807) is 11.1 Å². The van der Waals surface area contributed by atoms with Gasteiger partial charge in [0.2, 0.25) is 5.88 Å². The SMILES string of the molecule is CC(C)(C)OC(=O)N1Cc2cc(Cl)ccc2-n2c(nnc2[C@H]2CC[C@H](Oc3ccccn3)CC2)C1. The van der Waals surface area contributed by atoms with Gasteiger partial charge in [0.25, 0.3) is 0 Å². The van der Waals surface area contributed by atoms with Gasteiger partial charge < -0.3 is 9.47 Å². The Labute approximate surface area is 210 Å². The minimum Gasteiger partial charge on any atom is -0.474 e. The first-order valence-corrected chi connectivity index (χ1v) is 12.4. The van der Waals surface area contributed by atoms with Gasteiger partial charge in [-0.25, -0.2) is 9.78 Å². The van der Waals surface area contributed by atoms with Crippen LogP contribution in [0.2, 0.25) is 5.02 Å². The van der Waals surface area contributed by atoms with Gasteiger partial charge in [-0.05, 0) is 76.3 Å². The van der Waals surface area contributed by atoms with Crippen LogP contribution in [0, 0.1) is 0 Å². The summed E-state index contributed by atoms with van der Waals surface area (Å²) in [6.07, 6.45) is 5.22. The molecule has 0 bridgehead atoms. The molecule has 0 unspecified atom stereocenters. The number of carbonyl (C=O) groups excluding carboxylic acids is 1. The summed E-state index contributed by atoms with van der Waals surface area (Å²) in [6, 6.07) is 11.5. The highest BCUT2D eigenvalue weighted by Gasteiger charge is 2.33. The van der Waals surface area contributed by atoms with Gasteiger partial charge in [-0.1, -0.05) is 17.7 Å². The third kappa shape index (κ3) is 5.27. The van der Waals surface area contributed by atoms with Crippen LogP contribution >= 0.6 is 11.6 Å². The summed E-state index contributed by atoms with van der Waals surface area (Å²) in [6.45, 7) is 6.29. The monoisotopic (exact) mass is 495 g/mol. The van der Waals surface area contributed by atoms with E-state index in [-0.39, 0.29) is 18.1 Å². The highest BCUT2D eigenvalue weighted by atomic mass is 35.5. The third-order valence-electron chi connectivity index (χ3n) is 6.35. The molecule has 0 radical (unpaired) electrons. The van der Waals surface area contributed by atoms with Gasteiger partial charge in [0.1, 0.15) is 17.5 Å². The molecule has 3 heterocycles. The zero-order valence-electron chi connectivity index (χ0n) is 20.3. The lowest BCUT2D eigenvalue weighted by Crippen LogP contribution is -2.35. The summed E-state index contributed by atoms with van der Waals surface area (Å²) < 4.78 is 13.8. The average molecular weight is 496 g/mol. The molecule has 2 aromatic heterocycles. The summed E-state index contributed by atoms with van der Waals surface area (Å²) in [7, 11) is 0. The Morgan fingerprint density at radius 2 is 1.86 bits per heavy atom. The molecule has 35 heavy (non-hydrogen) atoms. The Hall–Kier alpha value is -3.13. The normalized spacial score (nSPS) is 19.9. The summed E-state index contributed by atoms with van der Waals surface area (Å²) in [5.41, 5.74) is 1.31. The van der Waals surface area contributed by atoms with E-state index in [1.807, 2.05) is 57.2 Å². The van der Waals surface area contributed by atoms with E-state index in [4.69, 9.17) is 21.1 Å². The van der Waals surface area contributed by atoms with E-state index in [2.05, 4.69) is 19.7 Å². The molecule has 3 aromatic rings. The first kappa shape index (κ1) is 23.6. The molecule has 0 atom stereocenters. The van der Waals surface area contributed by atoms with Crippen molar-refractivity contribution in [1.29, 1.82) is 0 Å². The number of carbonyl (C=O) groups is 1. The Bertz CT molecular complexity index is 1200. The fourth-order valence-corrected chi connectivity index (χ4v) is 4.97. The largest absolute Gasteiger partial charge is 0.474 e. The van der Waals surface area contributed by atoms with Crippen LogP contribution in [0.3, 0.4) is 0 Å². The molecule has 2 aliphatic rings. The van der Waals surface area contributed by atoms with Crippen LogP contribution in [0.5, 0.6) is 5.88 Å². The number of aromatic nitrogens is 4. The number of rotatable bonds is 3. The molecule has 184 valence electrons. The molecule has 1 aliphatic carbocycles. The van der Waals surface area contributed by atoms with Crippen molar-refractivity contribution in [2.24, 2.45) is 0 Å². The maximum Gasteiger partial charge on any atom is 0.411 e. The molecular weight excluding hydrogens is 466 g/mol. The standard InChI is InChI=1S/C26H30ClN5O3/c1-26(2,3)35-25(33)31-15-18-14-19(27)9-12-21(18)32-22(16-31)29-30-24(32)17-7-10-20(11-8-17)34-23-6-4-5-13-28-23/h4-6,9,12-14,17,20H,7-8,10-11,15-16H2,1-3H3/t17-,20-. The number of fused-ring (bicyclic) bond motifs is 3. The van der Waals surface area contributed by atoms with Crippen molar-refractivity contribution >= 4 is 17.7 Å². The van der Waals surface area contributed by atoms with Gasteiger partial charge in [0.15, 0.2) is 5.82 Å². The molecule has 0 spiro atoms. The van der Waals surface area contributed by atoms with Crippen LogP contribution < -0.4 is 4.74 Å². The quantitative estimate of drug-likeness (QED) is 0.465. The second-order valence-electron chi connectivity index (χ2n) is 10.2. The van der Waals surface area contributed by atoms with Crippen LogP contribution in [0.15, 0.2) is 42.6 Å². The number of hydrogen-bond donors (Lipinski definition) is 0. The van der Waals surface area contributed by atoms with Gasteiger partial charge in [-0.15, -0.1) is 10.2 Å². The lowest BCUT2D eigenvalue weighted by molar-refractivity contribution is 0.0214. The van der Waals surface area contributed by atoms with Crippen molar-refractivity contribution in [3.63, 3.8) is 0 Å². The topological polar surface area (TPSA) is 82.4 Å². The maximum absolute atomic E-state index is 13.0.